The molecular weight excluding hydrogens is 326 g/mol. The molecule has 0 spiro atoms. The quantitative estimate of drug-likeness (QED) is 0.655. The van der Waals surface area contributed by atoms with E-state index in [1.54, 1.807) is 4.90 Å². The monoisotopic (exact) mass is 345 g/mol. The third-order valence-corrected chi connectivity index (χ3v) is 6.17. The van der Waals surface area contributed by atoms with Gasteiger partial charge >= 0.3 is 0 Å². The average molecular weight is 345 g/mol. The highest BCUT2D eigenvalue weighted by atomic mass is 32.2. The number of carbonyl (C=O) groups is 1. The van der Waals surface area contributed by atoms with Gasteiger partial charge in [0.1, 0.15) is 11.6 Å². The van der Waals surface area contributed by atoms with Crippen LogP contribution in [-0.4, -0.2) is 38.4 Å². The smallest absolute Gasteiger partial charge is 0.270 e. The third-order valence-electron chi connectivity index (χ3n) is 4.40. The van der Waals surface area contributed by atoms with Crippen molar-refractivity contribution in [1.29, 1.82) is 5.26 Å². The van der Waals surface area contributed by atoms with Crippen LogP contribution >= 0.6 is 0 Å². The molecule has 2 aliphatic rings. The first kappa shape index (κ1) is 16.5. The van der Waals surface area contributed by atoms with E-state index in [0.29, 0.717) is 13.0 Å². The van der Waals surface area contributed by atoms with Crippen LogP contribution in [0, 0.1) is 11.3 Å². The first-order valence-electron chi connectivity index (χ1n) is 7.97. The molecule has 0 bridgehead atoms. The van der Waals surface area contributed by atoms with Crippen molar-refractivity contribution in [3.63, 3.8) is 0 Å². The first-order valence-corrected chi connectivity index (χ1v) is 9.79. The molecule has 1 N–H and O–H groups in total. The molecule has 0 aromatic heterocycles. The molecule has 1 unspecified atom stereocenters. The lowest BCUT2D eigenvalue weighted by Crippen LogP contribution is -2.37. The van der Waals surface area contributed by atoms with Crippen LogP contribution in [0.2, 0.25) is 0 Å². The number of nitrogens with one attached hydrogen (secondary N) is 1. The van der Waals surface area contributed by atoms with Crippen molar-refractivity contribution in [1.82, 2.24) is 5.32 Å². The van der Waals surface area contributed by atoms with Gasteiger partial charge in [-0.05, 0) is 30.9 Å². The third kappa shape index (κ3) is 3.44. The molecule has 7 heteroatoms. The minimum Gasteiger partial charge on any atom is -0.386 e. The van der Waals surface area contributed by atoms with E-state index in [1.807, 2.05) is 30.3 Å². The number of carbonyl (C=O) groups excluding carboxylic acids is 1. The summed E-state index contributed by atoms with van der Waals surface area (Å²) in [6.45, 7) is 0.576. The summed E-state index contributed by atoms with van der Waals surface area (Å²) < 4.78 is 22.9. The first-order chi connectivity index (χ1) is 11.5. The summed E-state index contributed by atoms with van der Waals surface area (Å²) in [5.74, 6) is -0.158. The second-order valence-electron chi connectivity index (χ2n) is 6.13. The van der Waals surface area contributed by atoms with Gasteiger partial charge < -0.3 is 10.2 Å². The second kappa shape index (κ2) is 6.65. The Kier molecular flexibility index (Phi) is 4.58. The number of benzene rings is 1. The highest BCUT2D eigenvalue weighted by Crippen LogP contribution is 2.27. The topological polar surface area (TPSA) is 90.3 Å². The van der Waals surface area contributed by atoms with Crippen LogP contribution in [0.5, 0.6) is 0 Å². The number of amides is 1. The van der Waals surface area contributed by atoms with Gasteiger partial charge in [-0.25, -0.2) is 8.42 Å². The second-order valence-corrected chi connectivity index (χ2v) is 8.35. The lowest BCUT2D eigenvalue weighted by Gasteiger charge is -2.29. The summed E-state index contributed by atoms with van der Waals surface area (Å²) >= 11 is 0. The molecule has 1 aromatic rings. The summed E-state index contributed by atoms with van der Waals surface area (Å²) in [5.41, 5.74) is 1.94. The van der Waals surface area contributed by atoms with Crippen molar-refractivity contribution in [2.24, 2.45) is 0 Å². The van der Waals surface area contributed by atoms with Gasteiger partial charge in [0.2, 0.25) is 0 Å². The van der Waals surface area contributed by atoms with Crippen molar-refractivity contribution in [3.8, 4) is 6.07 Å². The van der Waals surface area contributed by atoms with Gasteiger partial charge in [-0.1, -0.05) is 18.2 Å². The number of fused-ring (bicyclic) bond motifs is 1. The zero-order valence-electron chi connectivity index (χ0n) is 13.2. The average Bonchev–Trinajstić information content (AvgIpc) is 2.93. The zero-order valence-corrected chi connectivity index (χ0v) is 14.1. The minimum atomic E-state index is -3.00. The molecule has 1 atom stereocenters. The molecule has 2 aliphatic heterocycles. The molecular formula is C17H19N3O3S. The largest absolute Gasteiger partial charge is 0.386 e. The lowest BCUT2D eigenvalue weighted by molar-refractivity contribution is -0.114. The van der Waals surface area contributed by atoms with Gasteiger partial charge in [-0.3, -0.25) is 4.79 Å². The predicted octanol–water partition coefficient (Wildman–Crippen LogP) is 1.15. The molecule has 0 radical (unpaired) electrons. The number of rotatable bonds is 3. The molecule has 1 saturated heterocycles. The van der Waals surface area contributed by atoms with E-state index in [-0.39, 0.29) is 29.0 Å². The molecule has 6 nitrogen and oxygen atoms in total. The molecule has 1 fully saturated rings. The van der Waals surface area contributed by atoms with E-state index in [1.165, 1.54) is 6.20 Å². The molecule has 1 amide bonds. The standard InChI is InChI=1S/C17H19N3O3S/c18-10-14(11-19-15-7-9-24(22,23)12-15)17(21)20-8-3-5-13-4-1-2-6-16(13)20/h1-2,4,6,11,15,19H,3,5,7-9,12H2/b14-11-. The van der Waals surface area contributed by atoms with Crippen LogP contribution in [0.4, 0.5) is 5.69 Å². The van der Waals surface area contributed by atoms with Crippen LogP contribution in [0.1, 0.15) is 18.4 Å². The fourth-order valence-electron chi connectivity index (χ4n) is 3.16. The van der Waals surface area contributed by atoms with Gasteiger partial charge in [0, 0.05) is 24.5 Å². The summed E-state index contributed by atoms with van der Waals surface area (Å²) in [6, 6.07) is 9.39. The SMILES string of the molecule is N#C/C(=C/NC1CCS(=O)(=O)C1)C(=O)N1CCCc2ccccc21. The van der Waals surface area contributed by atoms with Gasteiger partial charge in [-0.2, -0.15) is 5.26 Å². The number of aryl methyl sites for hydroxylation is 1. The van der Waals surface area contributed by atoms with Crippen LogP contribution in [0.3, 0.4) is 0 Å². The Balaban J connectivity index is 1.76. The predicted molar refractivity (Wildman–Crippen MR) is 91.0 cm³/mol. The van der Waals surface area contributed by atoms with Gasteiger partial charge in [0.15, 0.2) is 9.84 Å². The van der Waals surface area contributed by atoms with E-state index in [9.17, 15) is 18.5 Å². The van der Waals surface area contributed by atoms with Crippen molar-refractivity contribution in [2.45, 2.75) is 25.3 Å². The van der Waals surface area contributed by atoms with Crippen molar-refractivity contribution in [2.75, 3.05) is 23.0 Å². The fraction of sp³-hybridized carbons (Fsp3) is 0.412. The summed E-state index contributed by atoms with van der Waals surface area (Å²) in [4.78, 5) is 14.3. The molecule has 0 saturated carbocycles. The number of nitrogens with zero attached hydrogens (tertiary/aromatic N) is 2. The van der Waals surface area contributed by atoms with E-state index in [0.717, 1.165) is 24.1 Å². The lowest BCUT2D eigenvalue weighted by atomic mass is 10.0. The van der Waals surface area contributed by atoms with Crippen molar-refractivity contribution < 1.29 is 13.2 Å². The van der Waals surface area contributed by atoms with Gasteiger partial charge in [0.05, 0.1) is 11.5 Å². The normalized spacial score (nSPS) is 22.5. The number of sulfone groups is 1. The molecule has 2 heterocycles. The molecule has 126 valence electrons. The Morgan fingerprint density at radius 1 is 1.38 bits per heavy atom. The Labute approximate surface area is 141 Å². The van der Waals surface area contributed by atoms with E-state index < -0.39 is 9.84 Å². The maximum Gasteiger partial charge on any atom is 0.270 e. The fourth-order valence-corrected chi connectivity index (χ4v) is 4.85. The Bertz CT molecular complexity index is 824. The highest BCUT2D eigenvalue weighted by molar-refractivity contribution is 7.91. The Morgan fingerprint density at radius 2 is 2.17 bits per heavy atom. The van der Waals surface area contributed by atoms with Crippen LogP contribution in [0.15, 0.2) is 36.0 Å². The number of anilines is 1. The molecule has 3 rings (SSSR count). The Hall–Kier alpha value is -2.33. The van der Waals surface area contributed by atoms with E-state index in [2.05, 4.69) is 5.32 Å². The number of para-hydroxylation sites is 1. The maximum absolute atomic E-state index is 12.7. The number of hydrogen-bond donors (Lipinski definition) is 1. The Morgan fingerprint density at radius 3 is 2.88 bits per heavy atom. The zero-order chi connectivity index (χ0) is 17.2. The highest BCUT2D eigenvalue weighted by Gasteiger charge is 2.28. The molecule has 24 heavy (non-hydrogen) atoms. The number of hydrogen-bond acceptors (Lipinski definition) is 5. The number of nitriles is 1. The molecule has 1 aromatic carbocycles. The van der Waals surface area contributed by atoms with Crippen molar-refractivity contribution in [3.05, 3.63) is 41.6 Å². The van der Waals surface area contributed by atoms with Crippen LogP contribution < -0.4 is 10.2 Å². The minimum absolute atomic E-state index is 0.00370. The van der Waals surface area contributed by atoms with Crippen molar-refractivity contribution >= 4 is 21.4 Å². The van der Waals surface area contributed by atoms with E-state index in [4.69, 9.17) is 0 Å². The molecule has 0 aliphatic carbocycles. The van der Waals surface area contributed by atoms with Gasteiger partial charge in [0.25, 0.3) is 5.91 Å². The van der Waals surface area contributed by atoms with Gasteiger partial charge in [-0.15, -0.1) is 0 Å². The summed E-state index contributed by atoms with van der Waals surface area (Å²) in [7, 11) is -3.00. The van der Waals surface area contributed by atoms with Crippen LogP contribution in [0.25, 0.3) is 0 Å². The van der Waals surface area contributed by atoms with Crippen LogP contribution in [-0.2, 0) is 21.1 Å². The van der Waals surface area contributed by atoms with E-state index >= 15 is 0 Å². The maximum atomic E-state index is 12.7. The summed E-state index contributed by atoms with van der Waals surface area (Å²) in [5, 5.41) is 12.2. The summed E-state index contributed by atoms with van der Waals surface area (Å²) in [6.07, 6.45) is 3.64.